The van der Waals surface area contributed by atoms with Gasteiger partial charge in [0.2, 0.25) is 0 Å². The SMILES string of the molecule is O=C(COC(=O)c1cc2c(s1)-c1ccccc1OC2)Nc1cccc(F)c1. The predicted octanol–water partition coefficient (Wildman–Crippen LogP) is 4.24. The van der Waals surface area contributed by atoms with E-state index in [1.165, 1.54) is 29.5 Å². The van der Waals surface area contributed by atoms with Gasteiger partial charge in [0.25, 0.3) is 5.91 Å². The molecule has 0 radical (unpaired) electrons. The normalized spacial score (nSPS) is 11.7. The van der Waals surface area contributed by atoms with Crippen LogP contribution in [0.4, 0.5) is 10.1 Å². The summed E-state index contributed by atoms with van der Waals surface area (Å²) in [6.45, 7) is -0.0683. The van der Waals surface area contributed by atoms with Gasteiger partial charge in [0.15, 0.2) is 6.61 Å². The molecule has 0 spiro atoms. The highest BCUT2D eigenvalue weighted by atomic mass is 32.1. The zero-order chi connectivity index (χ0) is 18.8. The Morgan fingerprint density at radius 3 is 2.85 bits per heavy atom. The molecule has 1 aliphatic rings. The maximum absolute atomic E-state index is 13.1. The largest absolute Gasteiger partial charge is 0.488 e. The van der Waals surface area contributed by atoms with Crippen molar-refractivity contribution >= 4 is 28.9 Å². The van der Waals surface area contributed by atoms with Crippen molar-refractivity contribution in [3.05, 3.63) is 70.9 Å². The van der Waals surface area contributed by atoms with E-state index in [0.717, 1.165) is 21.8 Å². The number of esters is 1. The zero-order valence-corrected chi connectivity index (χ0v) is 14.8. The van der Waals surface area contributed by atoms with Gasteiger partial charge in [-0.25, -0.2) is 9.18 Å². The van der Waals surface area contributed by atoms with Crippen LogP contribution in [0.25, 0.3) is 10.4 Å². The van der Waals surface area contributed by atoms with Gasteiger partial charge in [0.1, 0.15) is 23.1 Å². The van der Waals surface area contributed by atoms with Crippen LogP contribution < -0.4 is 10.1 Å². The number of amides is 1. The first-order valence-corrected chi connectivity index (χ1v) is 8.99. The topological polar surface area (TPSA) is 64.6 Å². The molecule has 7 heteroatoms. The van der Waals surface area contributed by atoms with Crippen molar-refractivity contribution in [2.75, 3.05) is 11.9 Å². The first-order valence-electron chi connectivity index (χ1n) is 8.17. The Hall–Kier alpha value is -3.19. The Balaban J connectivity index is 1.41. The van der Waals surface area contributed by atoms with E-state index in [1.807, 2.05) is 24.3 Å². The molecular formula is C20H14FNO4S. The van der Waals surface area contributed by atoms with E-state index in [4.69, 9.17) is 9.47 Å². The molecule has 0 fully saturated rings. The molecule has 2 aromatic carbocycles. The summed E-state index contributed by atoms with van der Waals surface area (Å²) >= 11 is 1.31. The first kappa shape index (κ1) is 17.2. The lowest BCUT2D eigenvalue weighted by Gasteiger charge is -2.16. The minimum Gasteiger partial charge on any atom is -0.488 e. The second-order valence-corrected chi connectivity index (χ2v) is 6.94. The molecular weight excluding hydrogens is 369 g/mol. The van der Waals surface area contributed by atoms with Gasteiger partial charge in [0, 0.05) is 21.7 Å². The molecule has 2 heterocycles. The summed E-state index contributed by atoms with van der Waals surface area (Å²) in [5.41, 5.74) is 2.15. The summed E-state index contributed by atoms with van der Waals surface area (Å²) in [5.74, 6) is -0.803. The van der Waals surface area contributed by atoms with Crippen molar-refractivity contribution in [3.63, 3.8) is 0 Å². The Labute approximate surface area is 158 Å². The van der Waals surface area contributed by atoms with E-state index in [2.05, 4.69) is 5.32 Å². The van der Waals surface area contributed by atoms with Crippen molar-refractivity contribution < 1.29 is 23.5 Å². The van der Waals surface area contributed by atoms with Gasteiger partial charge < -0.3 is 14.8 Å². The van der Waals surface area contributed by atoms with E-state index in [-0.39, 0.29) is 0 Å². The number of fused-ring (bicyclic) bond motifs is 3. The van der Waals surface area contributed by atoms with Crippen LogP contribution in [0.2, 0.25) is 0 Å². The number of hydrogen-bond acceptors (Lipinski definition) is 5. The van der Waals surface area contributed by atoms with Crippen LogP contribution in [0.3, 0.4) is 0 Å². The van der Waals surface area contributed by atoms with E-state index in [1.54, 1.807) is 12.1 Å². The van der Waals surface area contributed by atoms with Crippen LogP contribution in [0.1, 0.15) is 15.2 Å². The highest BCUT2D eigenvalue weighted by Gasteiger charge is 2.23. The van der Waals surface area contributed by atoms with Gasteiger partial charge in [0.05, 0.1) is 0 Å². The fourth-order valence-corrected chi connectivity index (χ4v) is 3.86. The van der Waals surface area contributed by atoms with Crippen LogP contribution in [0.5, 0.6) is 5.75 Å². The average molecular weight is 383 g/mol. The van der Waals surface area contributed by atoms with Gasteiger partial charge in [-0.3, -0.25) is 4.79 Å². The number of rotatable bonds is 4. The van der Waals surface area contributed by atoms with Crippen molar-refractivity contribution in [3.8, 4) is 16.2 Å². The number of halogens is 1. The number of para-hydroxylation sites is 1. The van der Waals surface area contributed by atoms with Gasteiger partial charge >= 0.3 is 5.97 Å². The van der Waals surface area contributed by atoms with Crippen LogP contribution >= 0.6 is 11.3 Å². The molecule has 27 heavy (non-hydrogen) atoms. The Morgan fingerprint density at radius 2 is 2.00 bits per heavy atom. The Morgan fingerprint density at radius 1 is 1.15 bits per heavy atom. The van der Waals surface area contributed by atoms with E-state index in [9.17, 15) is 14.0 Å². The molecule has 136 valence electrons. The molecule has 0 unspecified atom stereocenters. The second-order valence-electron chi connectivity index (χ2n) is 5.88. The summed E-state index contributed by atoms with van der Waals surface area (Å²) in [4.78, 5) is 25.6. The molecule has 0 saturated carbocycles. The Bertz CT molecular complexity index is 1030. The summed E-state index contributed by atoms with van der Waals surface area (Å²) in [6.07, 6.45) is 0. The van der Waals surface area contributed by atoms with E-state index < -0.39 is 24.3 Å². The molecule has 4 rings (SSSR count). The van der Waals surface area contributed by atoms with E-state index >= 15 is 0 Å². The summed E-state index contributed by atoms with van der Waals surface area (Å²) in [5, 5.41) is 2.48. The summed E-state index contributed by atoms with van der Waals surface area (Å²) in [7, 11) is 0. The molecule has 1 N–H and O–H groups in total. The lowest BCUT2D eigenvalue weighted by atomic mass is 10.1. The highest BCUT2D eigenvalue weighted by molar-refractivity contribution is 7.17. The number of carbonyl (C=O) groups is 2. The number of thiophene rings is 1. The molecule has 0 bridgehead atoms. The van der Waals surface area contributed by atoms with Gasteiger partial charge in [-0.1, -0.05) is 18.2 Å². The van der Waals surface area contributed by atoms with Crippen molar-refractivity contribution in [2.24, 2.45) is 0 Å². The summed E-state index contributed by atoms with van der Waals surface area (Å²) in [6, 6.07) is 14.8. The average Bonchev–Trinajstić information content (AvgIpc) is 3.11. The second kappa shape index (κ2) is 7.20. The molecule has 5 nitrogen and oxygen atoms in total. The monoisotopic (exact) mass is 383 g/mol. The van der Waals surface area contributed by atoms with Crippen LogP contribution in [0, 0.1) is 5.82 Å². The lowest BCUT2D eigenvalue weighted by Crippen LogP contribution is -2.20. The first-order chi connectivity index (χ1) is 13.1. The zero-order valence-electron chi connectivity index (χ0n) is 14.0. The maximum atomic E-state index is 13.1. The van der Waals surface area contributed by atoms with Crippen molar-refractivity contribution in [1.82, 2.24) is 0 Å². The number of anilines is 1. The quantitative estimate of drug-likeness (QED) is 0.685. The van der Waals surface area contributed by atoms with Crippen LogP contribution in [-0.4, -0.2) is 18.5 Å². The number of ether oxygens (including phenoxy) is 2. The third-order valence-electron chi connectivity index (χ3n) is 3.97. The molecule has 0 saturated heterocycles. The Kier molecular flexibility index (Phi) is 4.60. The highest BCUT2D eigenvalue weighted by Crippen LogP contribution is 2.42. The maximum Gasteiger partial charge on any atom is 0.348 e. The number of benzene rings is 2. The predicted molar refractivity (Wildman–Crippen MR) is 99.4 cm³/mol. The van der Waals surface area contributed by atoms with Gasteiger partial charge in [-0.05, 0) is 36.4 Å². The van der Waals surface area contributed by atoms with Crippen LogP contribution in [0.15, 0.2) is 54.6 Å². The molecule has 1 aliphatic heterocycles. The van der Waals surface area contributed by atoms with Gasteiger partial charge in [-0.15, -0.1) is 11.3 Å². The minimum atomic E-state index is -0.582. The molecule has 0 aliphatic carbocycles. The minimum absolute atomic E-state index is 0.302. The lowest BCUT2D eigenvalue weighted by molar-refractivity contribution is -0.119. The third kappa shape index (κ3) is 3.68. The fourth-order valence-electron chi connectivity index (χ4n) is 2.77. The van der Waals surface area contributed by atoms with Crippen LogP contribution in [-0.2, 0) is 16.1 Å². The molecule has 0 atom stereocenters. The third-order valence-corrected chi connectivity index (χ3v) is 5.16. The summed E-state index contributed by atoms with van der Waals surface area (Å²) < 4.78 is 23.9. The standard InChI is InChI=1S/C20H14FNO4S/c21-13-4-3-5-14(9-13)22-18(23)11-26-20(24)17-8-12-10-25-16-7-2-1-6-15(16)19(12)27-17/h1-9H,10-11H2,(H,22,23). The number of hydrogen-bond donors (Lipinski definition) is 1. The number of nitrogens with one attached hydrogen (secondary N) is 1. The van der Waals surface area contributed by atoms with E-state index in [0.29, 0.717) is 17.2 Å². The number of carbonyl (C=O) groups excluding carboxylic acids is 2. The smallest absolute Gasteiger partial charge is 0.348 e. The van der Waals surface area contributed by atoms with Crippen molar-refractivity contribution in [1.29, 1.82) is 0 Å². The fraction of sp³-hybridized carbons (Fsp3) is 0.100. The molecule has 1 aromatic heterocycles. The molecule has 1 amide bonds. The molecule has 3 aromatic rings. The van der Waals surface area contributed by atoms with Crippen molar-refractivity contribution in [2.45, 2.75) is 6.61 Å². The van der Waals surface area contributed by atoms with Gasteiger partial charge in [-0.2, -0.15) is 0 Å².